The van der Waals surface area contributed by atoms with Crippen molar-refractivity contribution in [3.05, 3.63) is 28.8 Å². The minimum atomic E-state index is 0.608. The third-order valence-electron chi connectivity index (χ3n) is 2.08. The van der Waals surface area contributed by atoms with Gasteiger partial charge in [0.15, 0.2) is 0 Å². The first-order valence-electron chi connectivity index (χ1n) is 5.29. The van der Waals surface area contributed by atoms with Crippen molar-refractivity contribution in [3.63, 3.8) is 0 Å². The first-order chi connectivity index (χ1) is 7.77. The minimum absolute atomic E-state index is 0.608. The third-order valence-corrected chi connectivity index (χ3v) is 2.41. The molecule has 0 spiro atoms. The van der Waals surface area contributed by atoms with E-state index in [0.717, 1.165) is 31.9 Å². The Balaban J connectivity index is 2.44. The van der Waals surface area contributed by atoms with Crippen LogP contribution in [0.4, 0.5) is 5.69 Å². The average Bonchev–Trinajstić information content (AvgIpc) is 2.31. The number of nitrogens with one attached hydrogen (secondary N) is 1. The number of hydrogen-bond donors (Lipinski definition) is 1. The standard InChI is InChI=1S/C12H15ClN2O/c1-2-16-7-3-6-15-12-8-10(9-14)4-5-11(12)13/h4-5,8,15H,2-3,6-7H2,1H3. The van der Waals surface area contributed by atoms with Crippen molar-refractivity contribution >= 4 is 17.3 Å². The Bertz CT molecular complexity index is 374. The highest BCUT2D eigenvalue weighted by Crippen LogP contribution is 2.22. The molecule has 4 heteroatoms. The van der Waals surface area contributed by atoms with Gasteiger partial charge in [-0.25, -0.2) is 0 Å². The van der Waals surface area contributed by atoms with E-state index in [1.807, 2.05) is 6.92 Å². The normalized spacial score (nSPS) is 9.81. The maximum atomic E-state index is 8.75. The SMILES string of the molecule is CCOCCCNc1cc(C#N)ccc1Cl. The molecule has 0 aliphatic rings. The highest BCUT2D eigenvalue weighted by molar-refractivity contribution is 6.33. The van der Waals surface area contributed by atoms with Crippen LogP contribution in [0.15, 0.2) is 18.2 Å². The largest absolute Gasteiger partial charge is 0.384 e. The molecule has 0 aliphatic heterocycles. The van der Waals surface area contributed by atoms with Crippen LogP contribution in [0, 0.1) is 11.3 Å². The van der Waals surface area contributed by atoms with Crippen molar-refractivity contribution in [1.29, 1.82) is 5.26 Å². The summed E-state index contributed by atoms with van der Waals surface area (Å²) in [6, 6.07) is 7.26. The van der Waals surface area contributed by atoms with Crippen LogP contribution in [-0.4, -0.2) is 19.8 Å². The van der Waals surface area contributed by atoms with E-state index in [1.54, 1.807) is 18.2 Å². The summed E-state index contributed by atoms with van der Waals surface area (Å²) in [5.41, 5.74) is 1.41. The van der Waals surface area contributed by atoms with Gasteiger partial charge in [-0.2, -0.15) is 5.26 Å². The second kappa shape index (κ2) is 7.10. The van der Waals surface area contributed by atoms with Crippen molar-refractivity contribution in [3.8, 4) is 6.07 Å². The van der Waals surface area contributed by atoms with Crippen molar-refractivity contribution in [1.82, 2.24) is 0 Å². The molecule has 0 radical (unpaired) electrons. The Morgan fingerprint density at radius 1 is 1.50 bits per heavy atom. The number of anilines is 1. The number of hydrogen-bond acceptors (Lipinski definition) is 3. The Kier molecular flexibility index (Phi) is 5.69. The lowest BCUT2D eigenvalue weighted by atomic mass is 10.2. The van der Waals surface area contributed by atoms with Gasteiger partial charge < -0.3 is 10.1 Å². The van der Waals surface area contributed by atoms with Crippen LogP contribution in [0.5, 0.6) is 0 Å². The zero-order valence-electron chi connectivity index (χ0n) is 9.29. The summed E-state index contributed by atoms with van der Waals surface area (Å²) in [5.74, 6) is 0. The second-order valence-corrected chi connectivity index (χ2v) is 3.69. The fraction of sp³-hybridized carbons (Fsp3) is 0.417. The Morgan fingerprint density at radius 3 is 3.00 bits per heavy atom. The van der Waals surface area contributed by atoms with Crippen LogP contribution in [0.25, 0.3) is 0 Å². The van der Waals surface area contributed by atoms with Gasteiger partial charge in [-0.1, -0.05) is 11.6 Å². The summed E-state index contributed by atoms with van der Waals surface area (Å²) in [7, 11) is 0. The molecule has 0 saturated carbocycles. The van der Waals surface area contributed by atoms with Gasteiger partial charge in [-0.05, 0) is 31.5 Å². The Morgan fingerprint density at radius 2 is 2.31 bits per heavy atom. The van der Waals surface area contributed by atoms with E-state index in [-0.39, 0.29) is 0 Å². The fourth-order valence-electron chi connectivity index (χ4n) is 1.27. The van der Waals surface area contributed by atoms with Gasteiger partial charge in [0.1, 0.15) is 0 Å². The Hall–Kier alpha value is -1.24. The summed E-state index contributed by atoms with van der Waals surface area (Å²) >= 11 is 5.99. The number of benzene rings is 1. The summed E-state index contributed by atoms with van der Waals surface area (Å²) in [5, 5.41) is 12.6. The van der Waals surface area contributed by atoms with Crippen LogP contribution >= 0.6 is 11.6 Å². The molecule has 0 amide bonds. The minimum Gasteiger partial charge on any atom is -0.384 e. The number of nitriles is 1. The molecule has 86 valence electrons. The lowest BCUT2D eigenvalue weighted by Gasteiger charge is -2.08. The average molecular weight is 239 g/mol. The molecule has 1 rings (SSSR count). The van der Waals surface area contributed by atoms with Crippen molar-refractivity contribution in [2.75, 3.05) is 25.1 Å². The maximum Gasteiger partial charge on any atom is 0.0992 e. The van der Waals surface area contributed by atoms with Crippen LogP contribution in [0.2, 0.25) is 5.02 Å². The molecule has 0 bridgehead atoms. The van der Waals surface area contributed by atoms with Crippen LogP contribution in [0.1, 0.15) is 18.9 Å². The van der Waals surface area contributed by atoms with Gasteiger partial charge >= 0.3 is 0 Å². The third kappa shape index (κ3) is 4.09. The molecule has 0 aromatic heterocycles. The molecular formula is C12H15ClN2O. The van der Waals surface area contributed by atoms with Crippen LogP contribution in [0.3, 0.4) is 0 Å². The second-order valence-electron chi connectivity index (χ2n) is 3.28. The lowest BCUT2D eigenvalue weighted by molar-refractivity contribution is 0.147. The molecule has 0 aliphatic carbocycles. The van der Waals surface area contributed by atoms with E-state index in [1.165, 1.54) is 0 Å². The molecule has 0 atom stereocenters. The zero-order valence-corrected chi connectivity index (χ0v) is 10.0. The van der Waals surface area contributed by atoms with E-state index >= 15 is 0 Å². The van der Waals surface area contributed by atoms with E-state index in [4.69, 9.17) is 21.6 Å². The molecule has 16 heavy (non-hydrogen) atoms. The maximum absolute atomic E-state index is 8.75. The first-order valence-corrected chi connectivity index (χ1v) is 5.67. The highest BCUT2D eigenvalue weighted by Gasteiger charge is 2.00. The molecule has 1 aromatic rings. The number of ether oxygens (including phenoxy) is 1. The lowest BCUT2D eigenvalue weighted by Crippen LogP contribution is -2.06. The molecule has 1 aromatic carbocycles. The van der Waals surface area contributed by atoms with E-state index in [9.17, 15) is 0 Å². The predicted octanol–water partition coefficient (Wildman–Crippen LogP) is 3.05. The topological polar surface area (TPSA) is 45.0 Å². The van der Waals surface area contributed by atoms with Crippen LogP contribution in [-0.2, 0) is 4.74 Å². The van der Waals surface area contributed by atoms with Gasteiger partial charge in [0.2, 0.25) is 0 Å². The molecular weight excluding hydrogens is 224 g/mol. The van der Waals surface area contributed by atoms with Crippen molar-refractivity contribution < 1.29 is 4.74 Å². The summed E-state index contributed by atoms with van der Waals surface area (Å²) < 4.78 is 5.22. The summed E-state index contributed by atoms with van der Waals surface area (Å²) in [4.78, 5) is 0. The molecule has 0 saturated heterocycles. The first kappa shape index (κ1) is 12.8. The molecule has 0 heterocycles. The summed E-state index contributed by atoms with van der Waals surface area (Å²) in [6.07, 6.45) is 0.918. The van der Waals surface area contributed by atoms with E-state index in [2.05, 4.69) is 11.4 Å². The zero-order chi connectivity index (χ0) is 11.8. The van der Waals surface area contributed by atoms with Gasteiger partial charge in [-0.15, -0.1) is 0 Å². The van der Waals surface area contributed by atoms with Gasteiger partial charge in [-0.3, -0.25) is 0 Å². The van der Waals surface area contributed by atoms with Crippen molar-refractivity contribution in [2.24, 2.45) is 0 Å². The number of nitrogens with zero attached hydrogens (tertiary/aromatic N) is 1. The fourth-order valence-corrected chi connectivity index (χ4v) is 1.46. The molecule has 0 unspecified atom stereocenters. The number of halogens is 1. The van der Waals surface area contributed by atoms with Crippen LogP contribution < -0.4 is 5.32 Å². The van der Waals surface area contributed by atoms with E-state index < -0.39 is 0 Å². The monoisotopic (exact) mass is 238 g/mol. The Labute approximate surface area is 101 Å². The quantitative estimate of drug-likeness (QED) is 0.775. The molecule has 3 nitrogen and oxygen atoms in total. The predicted molar refractivity (Wildman–Crippen MR) is 65.8 cm³/mol. The van der Waals surface area contributed by atoms with E-state index in [0.29, 0.717) is 10.6 Å². The van der Waals surface area contributed by atoms with Crippen molar-refractivity contribution in [2.45, 2.75) is 13.3 Å². The smallest absolute Gasteiger partial charge is 0.0992 e. The highest BCUT2D eigenvalue weighted by atomic mass is 35.5. The molecule has 0 fully saturated rings. The number of rotatable bonds is 6. The van der Waals surface area contributed by atoms with Gasteiger partial charge in [0.05, 0.1) is 22.3 Å². The van der Waals surface area contributed by atoms with Gasteiger partial charge in [0.25, 0.3) is 0 Å². The molecule has 1 N–H and O–H groups in total. The van der Waals surface area contributed by atoms with Gasteiger partial charge in [0, 0.05) is 19.8 Å². The summed E-state index contributed by atoms with van der Waals surface area (Å²) in [6.45, 7) is 4.24.